The summed E-state index contributed by atoms with van der Waals surface area (Å²) in [6.45, 7) is 3.99. The predicted molar refractivity (Wildman–Crippen MR) is 97.0 cm³/mol. The molecule has 1 atom stereocenters. The number of rotatable bonds is 6. The molecule has 1 N–H and O–H groups in total. The summed E-state index contributed by atoms with van der Waals surface area (Å²) >= 11 is 0. The molecule has 2 heterocycles. The highest BCUT2D eigenvalue weighted by molar-refractivity contribution is 5.95. The molecule has 138 valence electrons. The maximum atomic E-state index is 12.5. The van der Waals surface area contributed by atoms with Gasteiger partial charge in [-0.25, -0.2) is 0 Å². The lowest BCUT2D eigenvalue weighted by molar-refractivity contribution is -0.385. The van der Waals surface area contributed by atoms with Crippen LogP contribution >= 0.6 is 0 Å². The summed E-state index contributed by atoms with van der Waals surface area (Å²) in [6, 6.07) is 8.27. The molecule has 1 aliphatic rings. The molecule has 1 unspecified atom stereocenters. The fraction of sp³-hybridized carbons (Fsp3) is 0.421. The Labute approximate surface area is 152 Å². The first-order valence-electron chi connectivity index (χ1n) is 8.87. The zero-order valence-electron chi connectivity index (χ0n) is 14.8. The van der Waals surface area contributed by atoms with E-state index in [1.54, 1.807) is 25.3 Å². The lowest BCUT2D eigenvalue weighted by atomic mass is 10.1. The Kier molecular flexibility index (Phi) is 5.68. The standard InChI is InChI=1S/C19H23N3O4/c1-14-7-8-15(12-16(14)22(24)25)19(23)20-13-17(18-6-5-11-26-18)21-9-3-2-4-10-21/h5-8,11-12,17H,2-4,9-10,13H2,1H3,(H,20,23). The SMILES string of the molecule is Cc1ccc(C(=O)NCC(c2ccco2)N2CCCCC2)cc1[N+](=O)[O-]. The molecule has 7 nitrogen and oxygen atoms in total. The first kappa shape index (κ1) is 18.1. The van der Waals surface area contributed by atoms with Crippen LogP contribution in [0.2, 0.25) is 0 Å². The van der Waals surface area contributed by atoms with Crippen molar-refractivity contribution in [3.63, 3.8) is 0 Å². The van der Waals surface area contributed by atoms with Gasteiger partial charge in [-0.05, 0) is 51.1 Å². The third-order valence-corrected chi connectivity index (χ3v) is 4.83. The van der Waals surface area contributed by atoms with E-state index in [1.165, 1.54) is 12.5 Å². The molecule has 0 saturated carbocycles. The van der Waals surface area contributed by atoms with E-state index in [0.29, 0.717) is 17.7 Å². The zero-order chi connectivity index (χ0) is 18.5. The highest BCUT2D eigenvalue weighted by Gasteiger charge is 2.25. The lowest BCUT2D eigenvalue weighted by Gasteiger charge is -2.33. The average Bonchev–Trinajstić information content (AvgIpc) is 3.17. The van der Waals surface area contributed by atoms with Crippen LogP contribution in [0.5, 0.6) is 0 Å². The van der Waals surface area contributed by atoms with Crippen molar-refractivity contribution in [2.24, 2.45) is 0 Å². The number of hydrogen-bond donors (Lipinski definition) is 1. The van der Waals surface area contributed by atoms with Gasteiger partial charge in [0.1, 0.15) is 5.76 Å². The third-order valence-electron chi connectivity index (χ3n) is 4.83. The molecule has 0 radical (unpaired) electrons. The number of carbonyl (C=O) groups excluding carboxylic acids is 1. The Morgan fingerprint density at radius 1 is 1.31 bits per heavy atom. The van der Waals surface area contributed by atoms with E-state index in [9.17, 15) is 14.9 Å². The van der Waals surface area contributed by atoms with Gasteiger partial charge in [-0.15, -0.1) is 0 Å². The molecule has 7 heteroatoms. The second kappa shape index (κ2) is 8.14. The van der Waals surface area contributed by atoms with Crippen LogP contribution in [0, 0.1) is 17.0 Å². The monoisotopic (exact) mass is 357 g/mol. The number of benzene rings is 1. The van der Waals surface area contributed by atoms with E-state index in [0.717, 1.165) is 31.7 Å². The molecular formula is C19H23N3O4. The summed E-state index contributed by atoms with van der Waals surface area (Å²) < 4.78 is 5.57. The first-order chi connectivity index (χ1) is 12.6. The fourth-order valence-corrected chi connectivity index (χ4v) is 3.36. The number of likely N-dealkylation sites (tertiary alicyclic amines) is 1. The number of nitro benzene ring substituents is 1. The van der Waals surface area contributed by atoms with Crippen molar-refractivity contribution in [1.82, 2.24) is 10.2 Å². The van der Waals surface area contributed by atoms with E-state index < -0.39 is 4.92 Å². The van der Waals surface area contributed by atoms with Crippen LogP contribution in [0.4, 0.5) is 5.69 Å². The number of nitrogens with zero attached hydrogens (tertiary/aromatic N) is 2. The normalized spacial score (nSPS) is 16.2. The molecule has 26 heavy (non-hydrogen) atoms. The van der Waals surface area contributed by atoms with Gasteiger partial charge >= 0.3 is 0 Å². The second-order valence-corrected chi connectivity index (χ2v) is 6.60. The highest BCUT2D eigenvalue weighted by Crippen LogP contribution is 2.25. The van der Waals surface area contributed by atoms with Gasteiger partial charge in [-0.1, -0.05) is 12.5 Å². The van der Waals surface area contributed by atoms with E-state index in [4.69, 9.17) is 4.42 Å². The smallest absolute Gasteiger partial charge is 0.273 e. The van der Waals surface area contributed by atoms with Crippen molar-refractivity contribution >= 4 is 11.6 Å². The molecule has 1 aliphatic heterocycles. The zero-order valence-corrected chi connectivity index (χ0v) is 14.8. The molecule has 1 amide bonds. The van der Waals surface area contributed by atoms with Gasteiger partial charge in [-0.3, -0.25) is 19.8 Å². The quantitative estimate of drug-likeness (QED) is 0.632. The van der Waals surface area contributed by atoms with Crippen molar-refractivity contribution in [2.75, 3.05) is 19.6 Å². The van der Waals surface area contributed by atoms with Gasteiger partial charge in [-0.2, -0.15) is 0 Å². The Bertz CT molecular complexity index is 767. The minimum absolute atomic E-state index is 0.0327. The van der Waals surface area contributed by atoms with Crippen molar-refractivity contribution in [3.8, 4) is 0 Å². The predicted octanol–water partition coefficient (Wildman–Crippen LogP) is 3.45. The lowest BCUT2D eigenvalue weighted by Crippen LogP contribution is -2.40. The number of aryl methyl sites for hydroxylation is 1. The topological polar surface area (TPSA) is 88.6 Å². The average molecular weight is 357 g/mol. The van der Waals surface area contributed by atoms with Crippen molar-refractivity contribution < 1.29 is 14.1 Å². The third kappa shape index (κ3) is 4.11. The fourth-order valence-electron chi connectivity index (χ4n) is 3.36. The second-order valence-electron chi connectivity index (χ2n) is 6.60. The molecule has 1 aromatic heterocycles. The van der Waals surface area contributed by atoms with Gasteiger partial charge < -0.3 is 9.73 Å². The van der Waals surface area contributed by atoms with Crippen LogP contribution in [-0.2, 0) is 0 Å². The number of hydrogen-bond acceptors (Lipinski definition) is 5. The largest absolute Gasteiger partial charge is 0.468 e. The van der Waals surface area contributed by atoms with Crippen LogP contribution in [0.3, 0.4) is 0 Å². The Morgan fingerprint density at radius 3 is 2.73 bits per heavy atom. The molecule has 1 fully saturated rings. The molecular weight excluding hydrogens is 334 g/mol. The molecule has 0 aliphatic carbocycles. The van der Waals surface area contributed by atoms with Gasteiger partial charge in [0.05, 0.1) is 17.2 Å². The van der Waals surface area contributed by atoms with Crippen molar-refractivity contribution in [2.45, 2.75) is 32.2 Å². The molecule has 0 spiro atoms. The number of furan rings is 1. The number of carbonyl (C=O) groups is 1. The summed E-state index contributed by atoms with van der Waals surface area (Å²) in [6.07, 6.45) is 5.13. The van der Waals surface area contributed by atoms with E-state index in [1.807, 2.05) is 12.1 Å². The summed E-state index contributed by atoms with van der Waals surface area (Å²) in [5.41, 5.74) is 0.781. The first-order valence-corrected chi connectivity index (χ1v) is 8.87. The van der Waals surface area contributed by atoms with E-state index in [-0.39, 0.29) is 17.6 Å². The van der Waals surface area contributed by atoms with E-state index in [2.05, 4.69) is 10.2 Å². The number of piperidine rings is 1. The van der Waals surface area contributed by atoms with Crippen LogP contribution in [0.25, 0.3) is 0 Å². The molecule has 1 aromatic carbocycles. The van der Waals surface area contributed by atoms with Crippen molar-refractivity contribution in [3.05, 3.63) is 63.6 Å². The van der Waals surface area contributed by atoms with Crippen molar-refractivity contribution in [1.29, 1.82) is 0 Å². The highest BCUT2D eigenvalue weighted by atomic mass is 16.6. The summed E-state index contributed by atoms with van der Waals surface area (Å²) in [4.78, 5) is 25.4. The van der Waals surface area contributed by atoms with Gasteiger partial charge in [0.25, 0.3) is 11.6 Å². The van der Waals surface area contributed by atoms with Crippen LogP contribution in [0.15, 0.2) is 41.0 Å². The minimum atomic E-state index is -0.467. The van der Waals surface area contributed by atoms with Gasteiger partial charge in [0, 0.05) is 23.7 Å². The molecule has 3 rings (SSSR count). The van der Waals surface area contributed by atoms with Crippen LogP contribution in [-0.4, -0.2) is 35.4 Å². The summed E-state index contributed by atoms with van der Waals surface area (Å²) in [7, 11) is 0. The molecule has 1 saturated heterocycles. The Hall–Kier alpha value is -2.67. The molecule has 2 aromatic rings. The van der Waals surface area contributed by atoms with Crippen LogP contribution < -0.4 is 5.32 Å². The Balaban J connectivity index is 1.71. The van der Waals surface area contributed by atoms with Crippen LogP contribution in [0.1, 0.15) is 47.0 Å². The number of amides is 1. The van der Waals surface area contributed by atoms with Gasteiger partial charge in [0.2, 0.25) is 0 Å². The summed E-state index contributed by atoms with van der Waals surface area (Å²) in [5.74, 6) is 0.503. The maximum absolute atomic E-state index is 12.5. The minimum Gasteiger partial charge on any atom is -0.468 e. The maximum Gasteiger partial charge on any atom is 0.273 e. The Morgan fingerprint density at radius 2 is 2.08 bits per heavy atom. The van der Waals surface area contributed by atoms with Gasteiger partial charge in [0.15, 0.2) is 0 Å². The summed E-state index contributed by atoms with van der Waals surface area (Å²) in [5, 5.41) is 14.0. The number of nitro groups is 1. The molecule has 0 bridgehead atoms. The number of nitrogens with one attached hydrogen (secondary N) is 1. The van der Waals surface area contributed by atoms with E-state index >= 15 is 0 Å².